The summed E-state index contributed by atoms with van der Waals surface area (Å²) in [5.41, 5.74) is -7.04. The Morgan fingerprint density at radius 3 is 2.11 bits per heavy atom. The van der Waals surface area contributed by atoms with E-state index in [0.717, 1.165) is 53.9 Å². The Kier molecular flexibility index (Phi) is 7.49. The number of halogens is 7. The second kappa shape index (κ2) is 9.96. The van der Waals surface area contributed by atoms with Crippen molar-refractivity contribution in [3.63, 3.8) is 0 Å². The van der Waals surface area contributed by atoms with Crippen molar-refractivity contribution in [3.8, 4) is 0 Å². The van der Waals surface area contributed by atoms with Gasteiger partial charge in [0.05, 0.1) is 10.6 Å². The highest BCUT2D eigenvalue weighted by Gasteiger charge is 2.71. The number of sulfonamides is 1. The smallest absolute Gasteiger partial charge is 0.379 e. The van der Waals surface area contributed by atoms with E-state index in [1.807, 2.05) is 0 Å². The summed E-state index contributed by atoms with van der Waals surface area (Å²) in [5.74, 6) is -0.720. The molecule has 4 rings (SSSR count). The molecule has 2 aromatic carbocycles. The number of hydrogen-bond donors (Lipinski definition) is 3. The number of benzene rings is 2. The average molecular weight is 571 g/mol. The molecule has 0 aromatic heterocycles. The Labute approximate surface area is 214 Å². The standard InChI is InChI=1S/C24H25F7N2O4S/c25-16-6-9-19(10-7-16)38(36,37)33-18(13-21(34)32-17-2-1-3-17)8-4-14-12-15(5-11-20(14)33)22(35,23(26,27)28)24(29,30)31/h5-7,9-12,17-18,21,32,34-35H,1-4,8,13H2/t18-,21?/m0/s1. The highest BCUT2D eigenvalue weighted by molar-refractivity contribution is 7.92. The maximum atomic E-state index is 13.6. The monoisotopic (exact) mass is 570 g/mol. The predicted octanol–water partition coefficient (Wildman–Crippen LogP) is 4.50. The lowest BCUT2D eigenvalue weighted by atomic mass is 9.87. The molecule has 1 saturated carbocycles. The number of alkyl halides is 6. The molecule has 1 heterocycles. The molecule has 2 aliphatic rings. The van der Waals surface area contributed by atoms with Crippen LogP contribution >= 0.6 is 0 Å². The van der Waals surface area contributed by atoms with E-state index in [4.69, 9.17) is 0 Å². The van der Waals surface area contributed by atoms with E-state index in [1.165, 1.54) is 0 Å². The van der Waals surface area contributed by atoms with Gasteiger partial charge in [-0.1, -0.05) is 18.6 Å². The lowest BCUT2D eigenvalue weighted by molar-refractivity contribution is -0.376. The Hall–Kier alpha value is -2.42. The molecule has 0 bridgehead atoms. The average Bonchev–Trinajstić information content (AvgIpc) is 2.79. The molecule has 0 amide bonds. The minimum Gasteiger partial charge on any atom is -0.379 e. The van der Waals surface area contributed by atoms with Crippen LogP contribution in [0, 0.1) is 5.82 Å². The molecule has 1 fully saturated rings. The van der Waals surface area contributed by atoms with Gasteiger partial charge in [0.2, 0.25) is 0 Å². The van der Waals surface area contributed by atoms with Gasteiger partial charge in [0.15, 0.2) is 0 Å². The Bertz CT molecular complexity index is 1250. The first-order valence-corrected chi connectivity index (χ1v) is 13.2. The SMILES string of the molecule is O=S(=O)(c1ccc(F)cc1)N1c2ccc(C(O)(C(F)(F)F)C(F)(F)F)cc2CC[C@H]1CC(O)NC1CCC1. The number of fused-ring (bicyclic) bond motifs is 1. The van der Waals surface area contributed by atoms with Gasteiger partial charge in [-0.15, -0.1) is 0 Å². The zero-order valence-corrected chi connectivity index (χ0v) is 20.5. The van der Waals surface area contributed by atoms with E-state index in [0.29, 0.717) is 12.1 Å². The second-order valence-electron chi connectivity index (χ2n) is 9.54. The quantitative estimate of drug-likeness (QED) is 0.337. The third-order valence-corrected chi connectivity index (χ3v) is 8.91. The van der Waals surface area contributed by atoms with Crippen molar-refractivity contribution >= 4 is 15.7 Å². The minimum absolute atomic E-state index is 0.0449. The number of nitrogens with zero attached hydrogens (tertiary/aromatic N) is 1. The van der Waals surface area contributed by atoms with E-state index in [1.54, 1.807) is 0 Å². The van der Waals surface area contributed by atoms with Crippen LogP contribution in [0.2, 0.25) is 0 Å². The Morgan fingerprint density at radius 1 is 0.974 bits per heavy atom. The predicted molar refractivity (Wildman–Crippen MR) is 122 cm³/mol. The van der Waals surface area contributed by atoms with Crippen molar-refractivity contribution in [1.82, 2.24) is 5.32 Å². The number of nitrogens with one attached hydrogen (secondary N) is 1. The number of aryl methyl sites for hydroxylation is 1. The minimum atomic E-state index is -6.10. The summed E-state index contributed by atoms with van der Waals surface area (Å²) in [5, 5.41) is 23.3. The van der Waals surface area contributed by atoms with Gasteiger partial charge < -0.3 is 10.2 Å². The largest absolute Gasteiger partial charge is 0.430 e. The summed E-state index contributed by atoms with van der Waals surface area (Å²) >= 11 is 0. The van der Waals surface area contributed by atoms with Gasteiger partial charge in [-0.05, 0) is 61.6 Å². The van der Waals surface area contributed by atoms with E-state index < -0.39 is 51.6 Å². The molecule has 3 N–H and O–H groups in total. The van der Waals surface area contributed by atoms with Crippen LogP contribution in [-0.4, -0.2) is 49.3 Å². The first kappa shape index (κ1) is 28.6. The normalized spacial score (nSPS) is 20.1. The molecule has 0 radical (unpaired) electrons. The van der Waals surface area contributed by atoms with Crippen LogP contribution < -0.4 is 9.62 Å². The molecule has 2 atom stereocenters. The van der Waals surface area contributed by atoms with Crippen LogP contribution in [0.5, 0.6) is 0 Å². The molecule has 14 heteroatoms. The second-order valence-corrected chi connectivity index (χ2v) is 11.4. The van der Waals surface area contributed by atoms with Gasteiger partial charge in [-0.25, -0.2) is 12.8 Å². The topological polar surface area (TPSA) is 89.9 Å². The number of anilines is 1. The van der Waals surface area contributed by atoms with Crippen LogP contribution in [0.25, 0.3) is 0 Å². The third kappa shape index (κ3) is 5.10. The fourth-order valence-electron chi connectivity index (χ4n) is 4.78. The molecule has 0 saturated heterocycles. The van der Waals surface area contributed by atoms with Crippen LogP contribution in [0.15, 0.2) is 47.4 Å². The molecule has 38 heavy (non-hydrogen) atoms. The molecular weight excluding hydrogens is 545 g/mol. The summed E-state index contributed by atoms with van der Waals surface area (Å²) in [4.78, 5) is -0.357. The fourth-order valence-corrected chi connectivity index (χ4v) is 6.51. The summed E-state index contributed by atoms with van der Waals surface area (Å²) in [6.07, 6.45) is -11.0. The highest BCUT2D eigenvalue weighted by Crippen LogP contribution is 2.51. The maximum absolute atomic E-state index is 13.6. The molecule has 210 valence electrons. The number of hydrogen-bond acceptors (Lipinski definition) is 5. The zero-order chi connectivity index (χ0) is 28.1. The van der Waals surface area contributed by atoms with Crippen molar-refractivity contribution in [1.29, 1.82) is 0 Å². The Morgan fingerprint density at radius 2 is 1.58 bits per heavy atom. The lowest BCUT2D eigenvalue weighted by Crippen LogP contribution is -2.54. The van der Waals surface area contributed by atoms with E-state index in [-0.39, 0.29) is 41.5 Å². The molecule has 1 aliphatic carbocycles. The Balaban J connectivity index is 1.78. The van der Waals surface area contributed by atoms with Crippen LogP contribution in [-0.2, 0) is 22.0 Å². The zero-order valence-electron chi connectivity index (χ0n) is 19.7. The molecule has 1 unspecified atom stereocenters. The van der Waals surface area contributed by atoms with Crippen LogP contribution in [0.4, 0.5) is 36.4 Å². The number of aliphatic hydroxyl groups is 2. The van der Waals surface area contributed by atoms with Crippen LogP contribution in [0.3, 0.4) is 0 Å². The van der Waals surface area contributed by atoms with Crippen LogP contribution in [0.1, 0.15) is 43.2 Å². The molecule has 2 aromatic rings. The number of rotatable bonds is 7. The summed E-state index contributed by atoms with van der Waals surface area (Å²) in [6.45, 7) is 0. The van der Waals surface area contributed by atoms with Crippen molar-refractivity contribution in [2.24, 2.45) is 0 Å². The third-order valence-electron chi connectivity index (χ3n) is 7.03. The molecule has 6 nitrogen and oxygen atoms in total. The number of aliphatic hydroxyl groups excluding tert-OH is 1. The first-order valence-electron chi connectivity index (χ1n) is 11.8. The van der Waals surface area contributed by atoms with Gasteiger partial charge in [-0.3, -0.25) is 9.62 Å². The van der Waals surface area contributed by atoms with Gasteiger partial charge in [-0.2, -0.15) is 26.3 Å². The van der Waals surface area contributed by atoms with E-state index >= 15 is 0 Å². The first-order chi connectivity index (χ1) is 17.6. The van der Waals surface area contributed by atoms with Gasteiger partial charge in [0.1, 0.15) is 12.0 Å². The van der Waals surface area contributed by atoms with Gasteiger partial charge in [0.25, 0.3) is 15.6 Å². The highest BCUT2D eigenvalue weighted by atomic mass is 32.2. The molecule has 0 spiro atoms. The maximum Gasteiger partial charge on any atom is 0.430 e. The summed E-state index contributed by atoms with van der Waals surface area (Å²) < 4.78 is 122. The lowest BCUT2D eigenvalue weighted by Gasteiger charge is -2.40. The van der Waals surface area contributed by atoms with Crippen molar-refractivity contribution in [2.75, 3.05) is 4.31 Å². The van der Waals surface area contributed by atoms with E-state index in [2.05, 4.69) is 5.32 Å². The van der Waals surface area contributed by atoms with Crippen molar-refractivity contribution in [2.45, 2.75) is 79.7 Å². The molecular formula is C24H25F7N2O4S. The summed E-state index contributed by atoms with van der Waals surface area (Å²) in [7, 11) is -4.49. The summed E-state index contributed by atoms with van der Waals surface area (Å²) in [6, 6.07) is 4.57. The van der Waals surface area contributed by atoms with Gasteiger partial charge in [0, 0.05) is 24.1 Å². The van der Waals surface area contributed by atoms with Crippen molar-refractivity contribution < 1.29 is 49.4 Å². The molecule has 1 aliphatic heterocycles. The van der Waals surface area contributed by atoms with Gasteiger partial charge >= 0.3 is 12.4 Å². The van der Waals surface area contributed by atoms with E-state index in [9.17, 15) is 49.4 Å². The van der Waals surface area contributed by atoms with Crippen molar-refractivity contribution in [3.05, 3.63) is 59.4 Å². The fraction of sp³-hybridized carbons (Fsp3) is 0.500.